The second-order valence-corrected chi connectivity index (χ2v) is 4.77. The summed E-state index contributed by atoms with van der Waals surface area (Å²) in [5, 5.41) is 9.13. The maximum atomic E-state index is 13.6. The molecule has 1 saturated carbocycles. The molecule has 0 atom stereocenters. The summed E-state index contributed by atoms with van der Waals surface area (Å²) in [5.74, 6) is -1.24. The fourth-order valence-electron chi connectivity index (χ4n) is 2.37. The number of halogens is 1. The lowest BCUT2D eigenvalue weighted by molar-refractivity contribution is 0.0692. The Morgan fingerprint density at radius 2 is 2.22 bits per heavy atom. The highest BCUT2D eigenvalue weighted by Gasteiger charge is 2.24. The first-order valence-corrected chi connectivity index (χ1v) is 6.40. The second kappa shape index (κ2) is 5.38. The first-order valence-electron chi connectivity index (χ1n) is 6.40. The zero-order valence-electron chi connectivity index (χ0n) is 10.5. The van der Waals surface area contributed by atoms with Gasteiger partial charge < -0.3 is 10.0 Å². The van der Waals surface area contributed by atoms with Crippen LogP contribution in [0.25, 0.3) is 0 Å². The minimum atomic E-state index is -1.20. The Kier molecular flexibility index (Phi) is 3.84. The van der Waals surface area contributed by atoms with Crippen molar-refractivity contribution in [2.45, 2.75) is 26.2 Å². The fraction of sp³-hybridized carbons (Fsp3) is 0.500. The van der Waals surface area contributed by atoms with E-state index in [1.165, 1.54) is 25.3 Å². The molecule has 3 nitrogen and oxygen atoms in total. The van der Waals surface area contributed by atoms with Gasteiger partial charge >= 0.3 is 5.97 Å². The number of hydrogen-bond donors (Lipinski definition) is 1. The van der Waals surface area contributed by atoms with Crippen molar-refractivity contribution < 1.29 is 14.3 Å². The van der Waals surface area contributed by atoms with E-state index >= 15 is 0 Å². The van der Waals surface area contributed by atoms with Gasteiger partial charge in [-0.25, -0.2) is 9.18 Å². The van der Waals surface area contributed by atoms with E-state index in [0.717, 1.165) is 6.54 Å². The van der Waals surface area contributed by atoms with Crippen LogP contribution in [0.3, 0.4) is 0 Å². The molecule has 0 amide bonds. The molecular weight excluding hydrogens is 233 g/mol. The number of nitrogens with zero attached hydrogens (tertiary/aromatic N) is 1. The third-order valence-corrected chi connectivity index (χ3v) is 3.63. The molecule has 1 aromatic rings. The number of aromatic carboxylic acids is 1. The zero-order valence-corrected chi connectivity index (χ0v) is 10.5. The smallest absolute Gasteiger partial charge is 0.340 e. The Balaban J connectivity index is 2.28. The van der Waals surface area contributed by atoms with Crippen molar-refractivity contribution in [3.05, 3.63) is 29.6 Å². The molecule has 0 radical (unpaired) electrons. The van der Waals surface area contributed by atoms with Crippen molar-refractivity contribution in [2.75, 3.05) is 18.0 Å². The largest absolute Gasteiger partial charge is 0.478 e. The number of carbonyl (C=O) groups is 1. The molecule has 98 valence electrons. The van der Waals surface area contributed by atoms with Gasteiger partial charge in [-0.2, -0.15) is 0 Å². The highest BCUT2D eigenvalue weighted by Crippen LogP contribution is 2.30. The molecule has 0 spiro atoms. The van der Waals surface area contributed by atoms with Crippen LogP contribution in [0.4, 0.5) is 10.1 Å². The van der Waals surface area contributed by atoms with Crippen molar-refractivity contribution in [1.29, 1.82) is 0 Å². The van der Waals surface area contributed by atoms with E-state index in [4.69, 9.17) is 5.11 Å². The second-order valence-electron chi connectivity index (χ2n) is 4.77. The predicted molar refractivity (Wildman–Crippen MR) is 68.6 cm³/mol. The Morgan fingerprint density at radius 3 is 2.72 bits per heavy atom. The number of anilines is 1. The van der Waals surface area contributed by atoms with Gasteiger partial charge in [0.15, 0.2) is 0 Å². The lowest BCUT2D eigenvalue weighted by Gasteiger charge is -2.33. The molecule has 1 fully saturated rings. The van der Waals surface area contributed by atoms with Gasteiger partial charge in [-0.15, -0.1) is 0 Å². The molecule has 0 heterocycles. The summed E-state index contributed by atoms with van der Waals surface area (Å²) in [7, 11) is 0. The molecule has 1 aliphatic carbocycles. The lowest BCUT2D eigenvalue weighted by Crippen LogP contribution is -2.33. The zero-order chi connectivity index (χ0) is 13.1. The van der Waals surface area contributed by atoms with Crippen LogP contribution >= 0.6 is 0 Å². The van der Waals surface area contributed by atoms with Crippen LogP contribution in [-0.4, -0.2) is 24.2 Å². The molecule has 1 N–H and O–H groups in total. The minimum absolute atomic E-state index is 0.210. The van der Waals surface area contributed by atoms with E-state index in [9.17, 15) is 9.18 Å². The summed E-state index contributed by atoms with van der Waals surface area (Å²) in [6.45, 7) is 3.48. The summed E-state index contributed by atoms with van der Waals surface area (Å²) in [6, 6.07) is 4.46. The maximum absolute atomic E-state index is 13.6. The first-order chi connectivity index (χ1) is 8.63. The molecule has 0 bridgehead atoms. The molecule has 0 unspecified atom stereocenters. The predicted octanol–water partition coefficient (Wildman–Crippen LogP) is 3.15. The molecule has 2 rings (SSSR count). The number of rotatable bonds is 5. The van der Waals surface area contributed by atoms with Gasteiger partial charge in [0.05, 0.1) is 5.69 Å². The van der Waals surface area contributed by atoms with Crippen molar-refractivity contribution in [1.82, 2.24) is 0 Å². The molecule has 1 aliphatic rings. The molecule has 0 saturated heterocycles. The van der Waals surface area contributed by atoms with E-state index in [-0.39, 0.29) is 5.56 Å². The van der Waals surface area contributed by atoms with E-state index in [0.29, 0.717) is 18.2 Å². The summed E-state index contributed by atoms with van der Waals surface area (Å²) in [4.78, 5) is 13.1. The first kappa shape index (κ1) is 12.9. The molecule has 1 aromatic carbocycles. The highest BCUT2D eigenvalue weighted by molar-refractivity contribution is 5.94. The molecule has 0 aliphatic heterocycles. The van der Waals surface area contributed by atoms with Crippen LogP contribution in [0.15, 0.2) is 18.2 Å². The van der Waals surface area contributed by atoms with Gasteiger partial charge in [0.2, 0.25) is 0 Å². The van der Waals surface area contributed by atoms with Gasteiger partial charge in [0.1, 0.15) is 11.4 Å². The van der Waals surface area contributed by atoms with Gasteiger partial charge in [0.25, 0.3) is 0 Å². The quantitative estimate of drug-likeness (QED) is 0.874. The topological polar surface area (TPSA) is 40.5 Å². The van der Waals surface area contributed by atoms with Gasteiger partial charge in [-0.1, -0.05) is 12.5 Å². The van der Waals surface area contributed by atoms with Crippen molar-refractivity contribution in [2.24, 2.45) is 5.92 Å². The molecular formula is C14H18FNO2. The standard InChI is InChI=1S/C14H18FNO2/c1-2-16(9-10-5-3-6-10)12-8-4-7-11(15)13(12)14(17)18/h4,7-8,10H,2-3,5-6,9H2,1H3,(H,17,18). The monoisotopic (exact) mass is 251 g/mol. The number of carboxylic acids is 1. The van der Waals surface area contributed by atoms with Gasteiger partial charge in [-0.05, 0) is 37.8 Å². The minimum Gasteiger partial charge on any atom is -0.478 e. The molecule has 18 heavy (non-hydrogen) atoms. The van der Waals surface area contributed by atoms with E-state index in [2.05, 4.69) is 0 Å². The Morgan fingerprint density at radius 1 is 1.50 bits per heavy atom. The Bertz CT molecular complexity index is 443. The third-order valence-electron chi connectivity index (χ3n) is 3.63. The summed E-state index contributed by atoms with van der Waals surface area (Å²) in [6.07, 6.45) is 3.62. The summed E-state index contributed by atoms with van der Waals surface area (Å²) < 4.78 is 13.6. The number of hydrogen-bond acceptors (Lipinski definition) is 2. The van der Waals surface area contributed by atoms with Gasteiger partial charge in [-0.3, -0.25) is 0 Å². The number of carboxylic acid groups (broad SMARTS) is 1. The maximum Gasteiger partial charge on any atom is 0.340 e. The summed E-state index contributed by atoms with van der Waals surface area (Å²) >= 11 is 0. The highest BCUT2D eigenvalue weighted by atomic mass is 19.1. The van der Waals surface area contributed by atoms with E-state index in [1.807, 2.05) is 11.8 Å². The van der Waals surface area contributed by atoms with E-state index < -0.39 is 11.8 Å². The average Bonchev–Trinajstić information content (AvgIpc) is 2.27. The third kappa shape index (κ3) is 2.47. The van der Waals surface area contributed by atoms with Crippen molar-refractivity contribution in [3.63, 3.8) is 0 Å². The van der Waals surface area contributed by atoms with Crippen LogP contribution in [-0.2, 0) is 0 Å². The normalized spacial score (nSPS) is 15.2. The van der Waals surface area contributed by atoms with Crippen LogP contribution in [0, 0.1) is 11.7 Å². The van der Waals surface area contributed by atoms with Crippen LogP contribution in [0.1, 0.15) is 36.5 Å². The molecule has 0 aromatic heterocycles. The lowest BCUT2D eigenvalue weighted by atomic mass is 9.85. The summed E-state index contributed by atoms with van der Waals surface area (Å²) in [5.41, 5.74) is 0.288. The van der Waals surface area contributed by atoms with Crippen molar-refractivity contribution >= 4 is 11.7 Å². The van der Waals surface area contributed by atoms with E-state index in [1.54, 1.807) is 12.1 Å². The van der Waals surface area contributed by atoms with Crippen LogP contribution in [0.5, 0.6) is 0 Å². The van der Waals surface area contributed by atoms with Gasteiger partial charge in [0, 0.05) is 13.1 Å². The fourth-order valence-corrected chi connectivity index (χ4v) is 2.37. The van der Waals surface area contributed by atoms with Crippen LogP contribution < -0.4 is 4.90 Å². The Hall–Kier alpha value is -1.58. The Labute approximate surface area is 106 Å². The van der Waals surface area contributed by atoms with Crippen LogP contribution in [0.2, 0.25) is 0 Å². The average molecular weight is 251 g/mol. The molecule has 4 heteroatoms. The SMILES string of the molecule is CCN(CC1CCC1)c1cccc(F)c1C(=O)O. The number of benzene rings is 1. The van der Waals surface area contributed by atoms with Crippen molar-refractivity contribution in [3.8, 4) is 0 Å².